The predicted molar refractivity (Wildman–Crippen MR) is 59.1 cm³/mol. The number of aryl methyl sites for hydroxylation is 2. The molecule has 1 aromatic rings. The molecular formula is C11H17N3O2. The Kier molecular flexibility index (Phi) is 3.69. The van der Waals surface area contributed by atoms with Crippen LogP contribution < -0.4 is 5.32 Å². The highest BCUT2D eigenvalue weighted by Gasteiger charge is 2.21. The van der Waals surface area contributed by atoms with Crippen LogP contribution in [0.4, 0.5) is 0 Å². The fourth-order valence-corrected chi connectivity index (χ4v) is 1.80. The van der Waals surface area contributed by atoms with E-state index in [1.54, 1.807) is 10.9 Å². The number of carbonyl (C=O) groups is 1. The van der Waals surface area contributed by atoms with E-state index in [0.29, 0.717) is 19.6 Å². The lowest BCUT2D eigenvalue weighted by Gasteiger charge is -2.22. The van der Waals surface area contributed by atoms with Crippen molar-refractivity contribution in [3.05, 3.63) is 18.0 Å². The van der Waals surface area contributed by atoms with E-state index in [1.807, 2.05) is 13.2 Å². The van der Waals surface area contributed by atoms with E-state index in [-0.39, 0.29) is 11.9 Å². The second kappa shape index (κ2) is 5.23. The van der Waals surface area contributed by atoms with Gasteiger partial charge in [-0.3, -0.25) is 9.48 Å². The lowest BCUT2D eigenvalue weighted by Crippen LogP contribution is -2.43. The highest BCUT2D eigenvalue weighted by molar-refractivity contribution is 5.83. The Morgan fingerprint density at radius 1 is 1.75 bits per heavy atom. The van der Waals surface area contributed by atoms with Crippen molar-refractivity contribution in [3.8, 4) is 0 Å². The summed E-state index contributed by atoms with van der Waals surface area (Å²) < 4.78 is 7.15. The number of carbonyl (C=O) groups excluding carboxylic acids is 1. The van der Waals surface area contributed by atoms with Gasteiger partial charge in [0.25, 0.3) is 0 Å². The molecule has 1 saturated heterocycles. The van der Waals surface area contributed by atoms with Crippen molar-refractivity contribution in [1.82, 2.24) is 15.1 Å². The summed E-state index contributed by atoms with van der Waals surface area (Å²) in [5.74, 6) is 0.177. The highest BCUT2D eigenvalue weighted by atomic mass is 16.5. The molecule has 1 aromatic heterocycles. The topological polar surface area (TPSA) is 56.2 Å². The van der Waals surface area contributed by atoms with Crippen LogP contribution in [0.5, 0.6) is 0 Å². The van der Waals surface area contributed by atoms with Gasteiger partial charge in [-0.15, -0.1) is 0 Å². The molecule has 1 aliphatic heterocycles. The highest BCUT2D eigenvalue weighted by Crippen LogP contribution is 2.06. The number of nitrogens with one attached hydrogen (secondary N) is 1. The third kappa shape index (κ3) is 2.90. The molecule has 1 atom stereocenters. The molecule has 0 bridgehead atoms. The second-order valence-corrected chi connectivity index (χ2v) is 4.05. The molecule has 0 aromatic carbocycles. The van der Waals surface area contributed by atoms with Crippen LogP contribution in [0.2, 0.25) is 0 Å². The van der Waals surface area contributed by atoms with E-state index in [9.17, 15) is 4.79 Å². The molecule has 0 spiro atoms. The van der Waals surface area contributed by atoms with E-state index in [2.05, 4.69) is 10.4 Å². The minimum Gasteiger partial charge on any atom is -0.368 e. The van der Waals surface area contributed by atoms with Gasteiger partial charge >= 0.3 is 0 Å². The van der Waals surface area contributed by atoms with Crippen LogP contribution in [-0.2, 0) is 23.0 Å². The molecular weight excluding hydrogens is 206 g/mol. The first kappa shape index (κ1) is 11.3. The molecule has 1 aliphatic rings. The van der Waals surface area contributed by atoms with Crippen LogP contribution in [0, 0.1) is 0 Å². The van der Waals surface area contributed by atoms with Crippen molar-refractivity contribution >= 4 is 5.78 Å². The zero-order valence-corrected chi connectivity index (χ0v) is 9.48. The van der Waals surface area contributed by atoms with Crippen molar-refractivity contribution < 1.29 is 9.53 Å². The SMILES string of the molecule is Cn1cc(CCC(=O)C2CNCCO2)cn1. The number of aromatic nitrogens is 2. The maximum absolute atomic E-state index is 11.8. The van der Waals surface area contributed by atoms with Crippen molar-refractivity contribution in [2.75, 3.05) is 19.7 Å². The fourth-order valence-electron chi connectivity index (χ4n) is 1.80. The molecule has 1 unspecified atom stereocenters. The third-order valence-corrected chi connectivity index (χ3v) is 2.71. The summed E-state index contributed by atoms with van der Waals surface area (Å²) in [7, 11) is 1.87. The molecule has 88 valence electrons. The quantitative estimate of drug-likeness (QED) is 0.775. The number of morpholine rings is 1. The monoisotopic (exact) mass is 223 g/mol. The Morgan fingerprint density at radius 2 is 2.62 bits per heavy atom. The van der Waals surface area contributed by atoms with Gasteiger partial charge in [-0.25, -0.2) is 0 Å². The summed E-state index contributed by atoms with van der Waals surface area (Å²) in [6.45, 7) is 2.11. The zero-order chi connectivity index (χ0) is 11.4. The Balaban J connectivity index is 1.78. The van der Waals surface area contributed by atoms with Crippen LogP contribution in [0.1, 0.15) is 12.0 Å². The van der Waals surface area contributed by atoms with Gasteiger partial charge in [0, 0.05) is 32.8 Å². The normalized spacial score (nSPS) is 20.9. The molecule has 0 saturated carbocycles. The Hall–Kier alpha value is -1.20. The number of Topliss-reactive ketones (excluding diaryl/α,β-unsaturated/α-hetero) is 1. The molecule has 1 N–H and O–H groups in total. The zero-order valence-electron chi connectivity index (χ0n) is 9.48. The van der Waals surface area contributed by atoms with Crippen molar-refractivity contribution in [2.45, 2.75) is 18.9 Å². The summed E-state index contributed by atoms with van der Waals surface area (Å²) in [5, 5.41) is 7.22. The van der Waals surface area contributed by atoms with Gasteiger partial charge in [0.2, 0.25) is 0 Å². The minimum absolute atomic E-state index is 0.177. The van der Waals surface area contributed by atoms with Crippen LogP contribution in [0.15, 0.2) is 12.4 Å². The van der Waals surface area contributed by atoms with Crippen LogP contribution in [-0.4, -0.2) is 41.4 Å². The molecule has 5 nitrogen and oxygen atoms in total. The summed E-state index contributed by atoms with van der Waals surface area (Å²) in [4.78, 5) is 11.8. The lowest BCUT2D eigenvalue weighted by atomic mass is 10.1. The molecule has 16 heavy (non-hydrogen) atoms. The first-order valence-electron chi connectivity index (χ1n) is 5.58. The van der Waals surface area contributed by atoms with Crippen LogP contribution in [0.25, 0.3) is 0 Å². The summed E-state index contributed by atoms with van der Waals surface area (Å²) >= 11 is 0. The maximum atomic E-state index is 11.8. The van der Waals surface area contributed by atoms with Gasteiger partial charge in [0.1, 0.15) is 6.10 Å². The van der Waals surface area contributed by atoms with Crippen LogP contribution >= 0.6 is 0 Å². The summed E-state index contributed by atoms with van der Waals surface area (Å²) in [6, 6.07) is 0. The molecule has 0 aliphatic carbocycles. The maximum Gasteiger partial charge on any atom is 0.163 e. The third-order valence-electron chi connectivity index (χ3n) is 2.71. The molecule has 5 heteroatoms. The molecule has 2 heterocycles. The largest absolute Gasteiger partial charge is 0.368 e. The van der Waals surface area contributed by atoms with Gasteiger partial charge < -0.3 is 10.1 Å². The van der Waals surface area contributed by atoms with E-state index in [1.165, 1.54) is 0 Å². The first-order valence-corrected chi connectivity index (χ1v) is 5.58. The average Bonchev–Trinajstić information content (AvgIpc) is 2.73. The number of rotatable bonds is 4. The van der Waals surface area contributed by atoms with Crippen molar-refractivity contribution in [1.29, 1.82) is 0 Å². The van der Waals surface area contributed by atoms with Crippen molar-refractivity contribution in [2.24, 2.45) is 7.05 Å². The Labute approximate surface area is 94.8 Å². The van der Waals surface area contributed by atoms with Gasteiger partial charge in [-0.05, 0) is 12.0 Å². The molecule has 0 amide bonds. The minimum atomic E-state index is -0.259. The Bertz CT molecular complexity index is 356. The number of nitrogens with zero attached hydrogens (tertiary/aromatic N) is 2. The van der Waals surface area contributed by atoms with Crippen molar-refractivity contribution in [3.63, 3.8) is 0 Å². The Morgan fingerprint density at radius 3 is 3.25 bits per heavy atom. The molecule has 0 radical (unpaired) electrons. The van der Waals surface area contributed by atoms with Gasteiger partial charge in [0.15, 0.2) is 5.78 Å². The smallest absolute Gasteiger partial charge is 0.163 e. The molecule has 1 fully saturated rings. The average molecular weight is 223 g/mol. The van der Waals surface area contributed by atoms with E-state index in [4.69, 9.17) is 4.74 Å². The first-order chi connectivity index (χ1) is 7.75. The number of ketones is 1. The van der Waals surface area contributed by atoms with E-state index >= 15 is 0 Å². The standard InChI is InChI=1S/C11H17N3O2/c1-14-8-9(6-13-14)2-3-10(15)11-7-12-4-5-16-11/h6,8,11-12H,2-5,7H2,1H3. The lowest BCUT2D eigenvalue weighted by molar-refractivity contribution is -0.131. The van der Waals surface area contributed by atoms with Crippen LogP contribution in [0.3, 0.4) is 0 Å². The van der Waals surface area contributed by atoms with E-state index in [0.717, 1.165) is 18.5 Å². The van der Waals surface area contributed by atoms with Gasteiger partial charge in [0.05, 0.1) is 12.8 Å². The fraction of sp³-hybridized carbons (Fsp3) is 0.636. The predicted octanol–water partition coefficient (Wildman–Crippen LogP) is -0.0898. The van der Waals surface area contributed by atoms with E-state index < -0.39 is 0 Å². The number of ether oxygens (including phenoxy) is 1. The second-order valence-electron chi connectivity index (χ2n) is 4.05. The van der Waals surface area contributed by atoms with Gasteiger partial charge in [-0.2, -0.15) is 5.10 Å². The van der Waals surface area contributed by atoms with Gasteiger partial charge in [-0.1, -0.05) is 0 Å². The summed E-state index contributed by atoms with van der Waals surface area (Å²) in [5.41, 5.74) is 1.10. The number of hydrogen-bond acceptors (Lipinski definition) is 4. The summed E-state index contributed by atoms with van der Waals surface area (Å²) in [6.07, 6.45) is 4.75. The molecule has 2 rings (SSSR count). The number of hydrogen-bond donors (Lipinski definition) is 1.